The van der Waals surface area contributed by atoms with Crippen LogP contribution < -0.4 is 4.90 Å². The van der Waals surface area contributed by atoms with Crippen molar-refractivity contribution in [3.63, 3.8) is 0 Å². The highest BCUT2D eigenvalue weighted by Crippen LogP contribution is 2.25. The Morgan fingerprint density at radius 3 is 2.77 bits per heavy atom. The Kier molecular flexibility index (Phi) is 4.66. The number of benzene rings is 1. The van der Waals surface area contributed by atoms with Gasteiger partial charge in [0.05, 0.1) is 0 Å². The van der Waals surface area contributed by atoms with Gasteiger partial charge in [0.15, 0.2) is 0 Å². The molecule has 26 heavy (non-hydrogen) atoms. The molecule has 1 atom stereocenters. The molecule has 0 bridgehead atoms. The van der Waals surface area contributed by atoms with Crippen LogP contribution in [0.3, 0.4) is 0 Å². The van der Waals surface area contributed by atoms with E-state index in [1.807, 2.05) is 17.0 Å². The van der Waals surface area contributed by atoms with E-state index in [1.54, 1.807) is 6.20 Å². The molecule has 136 valence electrons. The summed E-state index contributed by atoms with van der Waals surface area (Å²) in [5.41, 5.74) is 3.44. The summed E-state index contributed by atoms with van der Waals surface area (Å²) in [6.07, 6.45) is 4.03. The summed E-state index contributed by atoms with van der Waals surface area (Å²) in [6.45, 7) is 8.17. The number of pyridine rings is 1. The minimum absolute atomic E-state index is 0.140. The second-order valence-electron chi connectivity index (χ2n) is 8.01. The summed E-state index contributed by atoms with van der Waals surface area (Å²) in [4.78, 5) is 21.5. The fourth-order valence-electron chi connectivity index (χ4n) is 4.09. The highest BCUT2D eigenvalue weighted by Gasteiger charge is 2.31. The maximum Gasteiger partial charge on any atom is 0.254 e. The molecule has 1 amide bonds. The zero-order chi connectivity index (χ0) is 18.1. The summed E-state index contributed by atoms with van der Waals surface area (Å²) in [6, 6.07) is 12.5. The summed E-state index contributed by atoms with van der Waals surface area (Å²) < 4.78 is 0. The molecule has 4 rings (SSSR count). The maximum absolute atomic E-state index is 12.8. The van der Waals surface area contributed by atoms with Crippen LogP contribution in [0.1, 0.15) is 34.8 Å². The second-order valence-corrected chi connectivity index (χ2v) is 8.01. The zero-order valence-electron chi connectivity index (χ0n) is 15.7. The molecule has 0 N–H and O–H groups in total. The number of amides is 1. The first-order valence-electron chi connectivity index (χ1n) is 9.64. The van der Waals surface area contributed by atoms with E-state index < -0.39 is 0 Å². The summed E-state index contributed by atoms with van der Waals surface area (Å²) in [5, 5.41) is 0. The van der Waals surface area contributed by atoms with Crippen molar-refractivity contribution in [2.75, 3.05) is 31.1 Å². The first-order chi connectivity index (χ1) is 12.6. The molecule has 2 fully saturated rings. The predicted octanol–water partition coefficient (Wildman–Crippen LogP) is 3.55. The molecule has 4 nitrogen and oxygen atoms in total. The molecule has 2 aromatic rings. The van der Waals surface area contributed by atoms with Crippen molar-refractivity contribution in [2.45, 2.75) is 26.7 Å². The Hall–Kier alpha value is -2.36. The Balaban J connectivity index is 1.36. The SMILES string of the molecule is Cc1cccc(CC2CN(C(=O)c3ccnc(N4CCC(C)C4)c3)C2)c1. The summed E-state index contributed by atoms with van der Waals surface area (Å²) >= 11 is 0. The molecule has 1 aromatic carbocycles. The lowest BCUT2D eigenvalue weighted by Gasteiger charge is -2.39. The third-order valence-corrected chi connectivity index (χ3v) is 5.59. The molecule has 4 heteroatoms. The van der Waals surface area contributed by atoms with Gasteiger partial charge in [0.1, 0.15) is 5.82 Å². The number of likely N-dealkylation sites (tertiary alicyclic amines) is 1. The van der Waals surface area contributed by atoms with E-state index in [-0.39, 0.29) is 5.91 Å². The van der Waals surface area contributed by atoms with Gasteiger partial charge in [-0.3, -0.25) is 4.79 Å². The van der Waals surface area contributed by atoms with Crippen molar-refractivity contribution in [1.29, 1.82) is 0 Å². The van der Waals surface area contributed by atoms with E-state index >= 15 is 0 Å². The first-order valence-corrected chi connectivity index (χ1v) is 9.64. The van der Waals surface area contributed by atoms with E-state index in [0.717, 1.165) is 44.0 Å². The van der Waals surface area contributed by atoms with Crippen LogP contribution in [0.4, 0.5) is 5.82 Å². The molecule has 2 aliphatic heterocycles. The minimum atomic E-state index is 0.140. The van der Waals surface area contributed by atoms with Crippen LogP contribution in [-0.4, -0.2) is 42.0 Å². The van der Waals surface area contributed by atoms with E-state index in [0.29, 0.717) is 11.8 Å². The Morgan fingerprint density at radius 2 is 2.04 bits per heavy atom. The average Bonchev–Trinajstić information content (AvgIpc) is 3.04. The highest BCUT2D eigenvalue weighted by atomic mass is 16.2. The molecule has 0 radical (unpaired) electrons. The van der Waals surface area contributed by atoms with Crippen molar-refractivity contribution in [3.05, 3.63) is 59.3 Å². The van der Waals surface area contributed by atoms with Crippen molar-refractivity contribution < 1.29 is 4.79 Å². The van der Waals surface area contributed by atoms with Gasteiger partial charge in [0, 0.05) is 37.9 Å². The van der Waals surface area contributed by atoms with Crippen LogP contribution in [-0.2, 0) is 6.42 Å². The van der Waals surface area contributed by atoms with Gasteiger partial charge in [-0.25, -0.2) is 4.98 Å². The number of rotatable bonds is 4. The molecular formula is C22H27N3O. The zero-order valence-corrected chi connectivity index (χ0v) is 15.7. The van der Waals surface area contributed by atoms with Gasteiger partial charge in [-0.05, 0) is 49.3 Å². The highest BCUT2D eigenvalue weighted by molar-refractivity contribution is 5.95. The fourth-order valence-corrected chi connectivity index (χ4v) is 4.09. The summed E-state index contributed by atoms with van der Waals surface area (Å²) in [5.74, 6) is 2.36. The Morgan fingerprint density at radius 1 is 1.19 bits per heavy atom. The van der Waals surface area contributed by atoms with Crippen molar-refractivity contribution >= 4 is 11.7 Å². The largest absolute Gasteiger partial charge is 0.356 e. The fraction of sp³-hybridized carbons (Fsp3) is 0.455. The number of aryl methyl sites for hydroxylation is 1. The third kappa shape index (κ3) is 3.59. The van der Waals surface area contributed by atoms with E-state index in [4.69, 9.17) is 0 Å². The number of carbonyl (C=O) groups is 1. The summed E-state index contributed by atoms with van der Waals surface area (Å²) in [7, 11) is 0. The van der Waals surface area contributed by atoms with Crippen LogP contribution in [0.2, 0.25) is 0 Å². The van der Waals surface area contributed by atoms with Crippen molar-refractivity contribution in [2.24, 2.45) is 11.8 Å². The van der Waals surface area contributed by atoms with Gasteiger partial charge in [0.2, 0.25) is 0 Å². The second kappa shape index (κ2) is 7.10. The van der Waals surface area contributed by atoms with Gasteiger partial charge in [0.25, 0.3) is 5.91 Å². The van der Waals surface area contributed by atoms with Gasteiger partial charge in [-0.1, -0.05) is 36.8 Å². The number of nitrogens with zero attached hydrogens (tertiary/aromatic N) is 3. The van der Waals surface area contributed by atoms with Gasteiger partial charge < -0.3 is 9.80 Å². The number of hydrogen-bond donors (Lipinski definition) is 0. The standard InChI is InChI=1S/C22H27N3O/c1-16-4-3-5-18(10-16)11-19-14-25(15-19)22(26)20-6-8-23-21(12-20)24-9-7-17(2)13-24/h3-6,8,10,12,17,19H,7,9,11,13-15H2,1-2H3. The van der Waals surface area contributed by atoms with Crippen LogP contribution in [0.15, 0.2) is 42.6 Å². The van der Waals surface area contributed by atoms with Crippen molar-refractivity contribution in [1.82, 2.24) is 9.88 Å². The number of hydrogen-bond acceptors (Lipinski definition) is 3. The lowest BCUT2D eigenvalue weighted by Crippen LogP contribution is -2.50. The smallest absolute Gasteiger partial charge is 0.254 e. The quantitative estimate of drug-likeness (QED) is 0.847. The average molecular weight is 349 g/mol. The molecular weight excluding hydrogens is 322 g/mol. The molecule has 3 heterocycles. The molecule has 2 saturated heterocycles. The lowest BCUT2D eigenvalue weighted by molar-refractivity contribution is 0.0501. The van der Waals surface area contributed by atoms with E-state index in [2.05, 4.69) is 48.0 Å². The van der Waals surface area contributed by atoms with Gasteiger partial charge in [-0.2, -0.15) is 0 Å². The molecule has 0 saturated carbocycles. The molecule has 1 aromatic heterocycles. The van der Waals surface area contributed by atoms with E-state index in [9.17, 15) is 4.79 Å². The van der Waals surface area contributed by atoms with E-state index in [1.165, 1.54) is 17.5 Å². The van der Waals surface area contributed by atoms with Crippen LogP contribution in [0, 0.1) is 18.8 Å². The van der Waals surface area contributed by atoms with Gasteiger partial charge in [-0.15, -0.1) is 0 Å². The molecule has 0 spiro atoms. The van der Waals surface area contributed by atoms with Crippen molar-refractivity contribution in [3.8, 4) is 0 Å². The number of aromatic nitrogens is 1. The Bertz CT molecular complexity index is 797. The van der Waals surface area contributed by atoms with Crippen LogP contribution >= 0.6 is 0 Å². The normalized spacial score (nSPS) is 20.3. The third-order valence-electron chi connectivity index (χ3n) is 5.59. The Labute approximate surface area is 155 Å². The van der Waals surface area contributed by atoms with Gasteiger partial charge >= 0.3 is 0 Å². The monoisotopic (exact) mass is 349 g/mol. The molecule has 1 unspecified atom stereocenters. The minimum Gasteiger partial charge on any atom is -0.356 e. The number of anilines is 1. The molecule has 2 aliphatic rings. The molecule has 0 aliphatic carbocycles. The number of carbonyl (C=O) groups excluding carboxylic acids is 1. The van der Waals surface area contributed by atoms with Crippen LogP contribution in [0.25, 0.3) is 0 Å². The first kappa shape index (κ1) is 17.1. The predicted molar refractivity (Wildman–Crippen MR) is 105 cm³/mol. The maximum atomic E-state index is 12.8. The van der Waals surface area contributed by atoms with Crippen LogP contribution in [0.5, 0.6) is 0 Å². The topological polar surface area (TPSA) is 36.4 Å². The lowest BCUT2D eigenvalue weighted by atomic mass is 9.91.